The first-order valence-electron chi connectivity index (χ1n) is 8.60. The van der Waals surface area contributed by atoms with Crippen molar-refractivity contribution in [3.63, 3.8) is 0 Å². The lowest BCUT2D eigenvalue weighted by Gasteiger charge is -2.20. The number of aliphatic hydroxyl groups excluding tert-OH is 1. The second-order valence-corrected chi connectivity index (χ2v) is 6.20. The molecule has 3 N–H and O–H groups in total. The third-order valence-corrected chi connectivity index (χ3v) is 4.32. The van der Waals surface area contributed by atoms with E-state index in [2.05, 4.69) is 15.6 Å². The highest BCUT2D eigenvalue weighted by atomic mass is 19.2. The van der Waals surface area contributed by atoms with Gasteiger partial charge in [0.05, 0.1) is 6.61 Å². The predicted molar refractivity (Wildman–Crippen MR) is 100 cm³/mol. The molecule has 0 spiro atoms. The van der Waals surface area contributed by atoms with Crippen molar-refractivity contribution in [1.29, 1.82) is 0 Å². The van der Waals surface area contributed by atoms with Crippen molar-refractivity contribution in [1.82, 2.24) is 10.6 Å². The van der Waals surface area contributed by atoms with Crippen LogP contribution in [0.1, 0.15) is 29.9 Å². The first kappa shape index (κ1) is 19.8. The van der Waals surface area contributed by atoms with Gasteiger partial charge in [-0.1, -0.05) is 43.3 Å². The average molecular weight is 361 g/mol. The SMILES string of the molecule is CN=C(NCC(C)c1ccc(F)c(F)c1)NCC(CO)c1ccccc1. The summed E-state index contributed by atoms with van der Waals surface area (Å²) in [7, 11) is 1.66. The molecule has 0 aliphatic carbocycles. The van der Waals surface area contributed by atoms with E-state index in [4.69, 9.17) is 0 Å². The first-order valence-corrected chi connectivity index (χ1v) is 8.60. The Hall–Kier alpha value is -2.47. The van der Waals surface area contributed by atoms with Crippen LogP contribution in [0.3, 0.4) is 0 Å². The summed E-state index contributed by atoms with van der Waals surface area (Å²) >= 11 is 0. The van der Waals surface area contributed by atoms with Gasteiger partial charge in [-0.2, -0.15) is 0 Å². The molecule has 0 aliphatic heterocycles. The van der Waals surface area contributed by atoms with Gasteiger partial charge < -0.3 is 15.7 Å². The van der Waals surface area contributed by atoms with Gasteiger partial charge in [-0.25, -0.2) is 8.78 Å². The van der Waals surface area contributed by atoms with Crippen LogP contribution >= 0.6 is 0 Å². The zero-order chi connectivity index (χ0) is 18.9. The van der Waals surface area contributed by atoms with Crippen LogP contribution in [0.15, 0.2) is 53.5 Å². The maximum atomic E-state index is 13.4. The van der Waals surface area contributed by atoms with Crippen LogP contribution < -0.4 is 10.6 Å². The van der Waals surface area contributed by atoms with Crippen molar-refractivity contribution in [2.24, 2.45) is 4.99 Å². The van der Waals surface area contributed by atoms with Gasteiger partial charge >= 0.3 is 0 Å². The van der Waals surface area contributed by atoms with Gasteiger partial charge in [-0.15, -0.1) is 0 Å². The number of guanidine groups is 1. The topological polar surface area (TPSA) is 56.7 Å². The highest BCUT2D eigenvalue weighted by molar-refractivity contribution is 5.79. The van der Waals surface area contributed by atoms with Crippen molar-refractivity contribution in [3.05, 3.63) is 71.3 Å². The zero-order valence-corrected chi connectivity index (χ0v) is 15.0. The summed E-state index contributed by atoms with van der Waals surface area (Å²) in [5.74, 6) is -1.16. The normalized spacial score (nSPS) is 14.0. The highest BCUT2D eigenvalue weighted by Crippen LogP contribution is 2.17. The Morgan fingerprint density at radius 3 is 2.31 bits per heavy atom. The summed E-state index contributed by atoms with van der Waals surface area (Å²) in [6.45, 7) is 2.99. The van der Waals surface area contributed by atoms with Gasteiger partial charge in [0.25, 0.3) is 0 Å². The summed E-state index contributed by atoms with van der Waals surface area (Å²) in [6.07, 6.45) is 0. The van der Waals surface area contributed by atoms with Crippen LogP contribution in [0.2, 0.25) is 0 Å². The molecule has 6 heteroatoms. The Labute approximate surface area is 153 Å². The van der Waals surface area contributed by atoms with E-state index in [-0.39, 0.29) is 18.4 Å². The fourth-order valence-electron chi connectivity index (χ4n) is 2.64. The molecule has 0 fully saturated rings. The van der Waals surface area contributed by atoms with Crippen molar-refractivity contribution in [2.45, 2.75) is 18.8 Å². The quantitative estimate of drug-likeness (QED) is 0.525. The largest absolute Gasteiger partial charge is 0.396 e. The maximum Gasteiger partial charge on any atom is 0.191 e. The fraction of sp³-hybridized carbons (Fsp3) is 0.350. The Balaban J connectivity index is 1.88. The lowest BCUT2D eigenvalue weighted by atomic mass is 10.00. The standard InChI is InChI=1S/C20H25F2N3O/c1-14(16-8-9-18(21)19(22)10-16)11-24-20(23-2)25-12-17(13-26)15-6-4-3-5-7-15/h3-10,14,17,26H,11-13H2,1-2H3,(H2,23,24,25). The number of aliphatic imine (C=N–C) groups is 1. The van der Waals surface area contributed by atoms with Crippen LogP contribution in [-0.4, -0.2) is 37.8 Å². The van der Waals surface area contributed by atoms with E-state index >= 15 is 0 Å². The molecule has 0 saturated heterocycles. The molecule has 0 radical (unpaired) electrons. The molecule has 0 amide bonds. The highest BCUT2D eigenvalue weighted by Gasteiger charge is 2.13. The molecule has 2 atom stereocenters. The second kappa shape index (κ2) is 9.87. The number of rotatable bonds is 7. The smallest absolute Gasteiger partial charge is 0.191 e. The van der Waals surface area contributed by atoms with Crippen molar-refractivity contribution >= 4 is 5.96 Å². The number of halogens is 2. The third kappa shape index (κ3) is 5.52. The minimum atomic E-state index is -0.845. The molecule has 140 valence electrons. The van der Waals surface area contributed by atoms with Crippen molar-refractivity contribution in [3.8, 4) is 0 Å². The number of nitrogens with zero attached hydrogens (tertiary/aromatic N) is 1. The van der Waals surface area contributed by atoms with Crippen molar-refractivity contribution < 1.29 is 13.9 Å². The van der Waals surface area contributed by atoms with Crippen molar-refractivity contribution in [2.75, 3.05) is 26.7 Å². The summed E-state index contributed by atoms with van der Waals surface area (Å²) in [4.78, 5) is 4.16. The Morgan fingerprint density at radius 2 is 1.69 bits per heavy atom. The first-order chi connectivity index (χ1) is 12.5. The van der Waals surface area contributed by atoms with E-state index in [1.54, 1.807) is 13.1 Å². The van der Waals surface area contributed by atoms with E-state index in [1.165, 1.54) is 6.07 Å². The Bertz CT molecular complexity index is 722. The molecule has 0 saturated carbocycles. The molecule has 4 nitrogen and oxygen atoms in total. The predicted octanol–water partition coefficient (Wildman–Crippen LogP) is 3.01. The molecule has 0 aliphatic rings. The third-order valence-electron chi connectivity index (χ3n) is 4.32. The van der Waals surface area contributed by atoms with Gasteiger partial charge in [-0.05, 0) is 29.2 Å². The lowest BCUT2D eigenvalue weighted by Crippen LogP contribution is -2.41. The van der Waals surface area contributed by atoms with E-state index in [0.717, 1.165) is 11.6 Å². The number of hydrogen-bond donors (Lipinski definition) is 3. The van der Waals surface area contributed by atoms with Gasteiger partial charge in [0.15, 0.2) is 17.6 Å². The van der Waals surface area contributed by atoms with Gasteiger partial charge in [0.2, 0.25) is 0 Å². The summed E-state index contributed by atoms with van der Waals surface area (Å²) in [5, 5.41) is 16.0. The molecule has 0 heterocycles. The summed E-state index contributed by atoms with van der Waals surface area (Å²) in [5.41, 5.74) is 1.76. The molecule has 2 rings (SSSR count). The molecule has 0 aromatic heterocycles. The molecule has 2 aromatic rings. The zero-order valence-electron chi connectivity index (χ0n) is 15.0. The molecule has 26 heavy (non-hydrogen) atoms. The Kier molecular flexibility index (Phi) is 7.53. The van der Waals surface area contributed by atoms with E-state index in [1.807, 2.05) is 37.3 Å². The average Bonchev–Trinajstić information content (AvgIpc) is 2.67. The molecule has 2 unspecified atom stereocenters. The molecule has 0 bridgehead atoms. The minimum Gasteiger partial charge on any atom is -0.396 e. The minimum absolute atomic E-state index is 0.0218. The van der Waals surface area contributed by atoms with E-state index < -0.39 is 11.6 Å². The Morgan fingerprint density at radius 1 is 1.00 bits per heavy atom. The lowest BCUT2D eigenvalue weighted by molar-refractivity contribution is 0.265. The van der Waals surface area contributed by atoms with E-state index in [9.17, 15) is 13.9 Å². The van der Waals surface area contributed by atoms with Crippen LogP contribution in [0.25, 0.3) is 0 Å². The van der Waals surface area contributed by atoms with Crippen LogP contribution in [-0.2, 0) is 0 Å². The summed E-state index contributed by atoms with van der Waals surface area (Å²) < 4.78 is 26.4. The molecular formula is C20H25F2N3O. The van der Waals surface area contributed by atoms with Gasteiger partial charge in [0, 0.05) is 26.1 Å². The monoisotopic (exact) mass is 361 g/mol. The van der Waals surface area contributed by atoms with E-state index in [0.29, 0.717) is 24.6 Å². The fourth-order valence-corrected chi connectivity index (χ4v) is 2.64. The number of aliphatic hydroxyl groups is 1. The maximum absolute atomic E-state index is 13.4. The molecule has 2 aromatic carbocycles. The van der Waals surface area contributed by atoms with Gasteiger partial charge in [0.1, 0.15) is 0 Å². The van der Waals surface area contributed by atoms with Crippen LogP contribution in [0.5, 0.6) is 0 Å². The summed E-state index contributed by atoms with van der Waals surface area (Å²) in [6, 6.07) is 13.7. The van der Waals surface area contributed by atoms with Crippen LogP contribution in [0, 0.1) is 11.6 Å². The second-order valence-electron chi connectivity index (χ2n) is 6.20. The number of hydrogen-bond acceptors (Lipinski definition) is 2. The number of benzene rings is 2. The van der Waals surface area contributed by atoms with Gasteiger partial charge in [-0.3, -0.25) is 4.99 Å². The van der Waals surface area contributed by atoms with Crippen LogP contribution in [0.4, 0.5) is 8.78 Å². The number of nitrogens with one attached hydrogen (secondary N) is 2. The molecular weight excluding hydrogens is 336 g/mol.